The Morgan fingerprint density at radius 3 is 2.88 bits per heavy atom. The molecule has 0 heterocycles. The average Bonchev–Trinajstić information content (AvgIpc) is 3.12. The normalized spacial score (nSPS) is 16.6. The molecule has 1 aromatic carbocycles. The van der Waals surface area contributed by atoms with Crippen LogP contribution in [0, 0.1) is 9.49 Å². The molecular formula is C12H12Cl2INO. The van der Waals surface area contributed by atoms with E-state index in [1.54, 1.807) is 12.1 Å². The monoisotopic (exact) mass is 383 g/mol. The standard InChI is InChI=1S/C12H12Cl2INO/c13-8-3-4-11(15)9(5-8)12(17)16-6-10(14)7-1-2-7/h3-5,7,10H,1-2,6H2,(H,16,17). The van der Waals surface area contributed by atoms with Crippen molar-refractivity contribution < 1.29 is 4.79 Å². The number of hydrogen-bond donors (Lipinski definition) is 1. The SMILES string of the molecule is O=C(NCC(Cl)C1CC1)c1cc(Cl)ccc1I. The van der Waals surface area contributed by atoms with Crippen molar-refractivity contribution in [3.8, 4) is 0 Å². The molecule has 1 unspecified atom stereocenters. The van der Waals surface area contributed by atoms with Crippen molar-refractivity contribution in [2.45, 2.75) is 18.2 Å². The minimum atomic E-state index is -0.108. The van der Waals surface area contributed by atoms with E-state index in [9.17, 15) is 4.79 Å². The van der Waals surface area contributed by atoms with E-state index < -0.39 is 0 Å². The lowest BCUT2D eigenvalue weighted by Gasteiger charge is -2.10. The molecule has 2 nitrogen and oxygen atoms in total. The van der Waals surface area contributed by atoms with Crippen LogP contribution in [0.15, 0.2) is 18.2 Å². The smallest absolute Gasteiger partial charge is 0.252 e. The molecule has 1 atom stereocenters. The van der Waals surface area contributed by atoms with Gasteiger partial charge in [0.15, 0.2) is 0 Å². The Morgan fingerprint density at radius 2 is 2.24 bits per heavy atom. The number of benzene rings is 1. The third kappa shape index (κ3) is 3.73. The Balaban J connectivity index is 1.96. The first-order valence-electron chi connectivity index (χ1n) is 5.45. The van der Waals surface area contributed by atoms with Gasteiger partial charge in [0.25, 0.3) is 5.91 Å². The van der Waals surface area contributed by atoms with Gasteiger partial charge in [0.05, 0.1) is 10.9 Å². The number of halogens is 3. The van der Waals surface area contributed by atoms with E-state index in [-0.39, 0.29) is 11.3 Å². The summed E-state index contributed by atoms with van der Waals surface area (Å²) < 4.78 is 0.891. The summed E-state index contributed by atoms with van der Waals surface area (Å²) in [6, 6.07) is 5.28. The molecule has 0 bridgehead atoms. The fourth-order valence-electron chi connectivity index (χ4n) is 1.58. The molecule has 1 N–H and O–H groups in total. The molecule has 0 aliphatic heterocycles. The highest BCUT2D eigenvalue weighted by molar-refractivity contribution is 14.1. The minimum absolute atomic E-state index is 0.0517. The van der Waals surface area contributed by atoms with Gasteiger partial charge in [0.2, 0.25) is 0 Å². The van der Waals surface area contributed by atoms with Crippen LogP contribution in [0.2, 0.25) is 5.02 Å². The molecular weight excluding hydrogens is 372 g/mol. The van der Waals surface area contributed by atoms with Gasteiger partial charge in [-0.2, -0.15) is 0 Å². The molecule has 1 fully saturated rings. The fraction of sp³-hybridized carbons (Fsp3) is 0.417. The molecule has 2 rings (SSSR count). The van der Waals surface area contributed by atoms with Crippen LogP contribution in [0.5, 0.6) is 0 Å². The summed E-state index contributed by atoms with van der Waals surface area (Å²) in [5.74, 6) is 0.471. The molecule has 1 saturated carbocycles. The van der Waals surface area contributed by atoms with E-state index in [0.717, 1.165) is 3.57 Å². The summed E-state index contributed by atoms with van der Waals surface area (Å²) in [4.78, 5) is 11.9. The first-order chi connectivity index (χ1) is 8.08. The van der Waals surface area contributed by atoms with Gasteiger partial charge in [0, 0.05) is 15.1 Å². The van der Waals surface area contributed by atoms with Crippen molar-refractivity contribution in [1.82, 2.24) is 5.32 Å². The lowest BCUT2D eigenvalue weighted by molar-refractivity contribution is 0.0952. The minimum Gasteiger partial charge on any atom is -0.351 e. The maximum atomic E-state index is 11.9. The summed E-state index contributed by atoms with van der Waals surface area (Å²) in [5, 5.41) is 3.48. The first kappa shape index (κ1) is 13.4. The zero-order chi connectivity index (χ0) is 12.4. The van der Waals surface area contributed by atoms with E-state index in [1.165, 1.54) is 12.8 Å². The van der Waals surface area contributed by atoms with Crippen LogP contribution in [0.25, 0.3) is 0 Å². The molecule has 0 spiro atoms. The summed E-state index contributed by atoms with van der Waals surface area (Å²) in [5.41, 5.74) is 0.609. The fourth-order valence-corrected chi connectivity index (χ4v) is 2.66. The molecule has 0 aromatic heterocycles. The van der Waals surface area contributed by atoms with E-state index in [4.69, 9.17) is 23.2 Å². The summed E-state index contributed by atoms with van der Waals surface area (Å²) in [6.45, 7) is 0.521. The Kier molecular flexibility index (Phi) is 4.55. The van der Waals surface area contributed by atoms with Crippen LogP contribution in [0.4, 0.5) is 0 Å². The molecule has 0 radical (unpaired) electrons. The maximum Gasteiger partial charge on any atom is 0.252 e. The summed E-state index contributed by atoms with van der Waals surface area (Å²) in [6.07, 6.45) is 2.36. The van der Waals surface area contributed by atoms with Crippen molar-refractivity contribution >= 4 is 51.7 Å². The largest absolute Gasteiger partial charge is 0.351 e. The number of alkyl halides is 1. The second-order valence-corrected chi connectivity index (χ2v) is 6.35. The predicted molar refractivity (Wildman–Crippen MR) is 78.9 cm³/mol. The zero-order valence-corrected chi connectivity index (χ0v) is 12.7. The average molecular weight is 384 g/mol. The predicted octanol–water partition coefficient (Wildman–Crippen LogP) is 3.69. The van der Waals surface area contributed by atoms with E-state index in [2.05, 4.69) is 27.9 Å². The van der Waals surface area contributed by atoms with Crippen molar-refractivity contribution in [2.24, 2.45) is 5.92 Å². The number of carbonyl (C=O) groups excluding carboxylic acids is 1. The number of carbonyl (C=O) groups is 1. The zero-order valence-electron chi connectivity index (χ0n) is 9.05. The van der Waals surface area contributed by atoms with Gasteiger partial charge in [-0.25, -0.2) is 0 Å². The molecule has 1 aliphatic carbocycles. The van der Waals surface area contributed by atoms with Gasteiger partial charge in [0.1, 0.15) is 0 Å². The molecule has 17 heavy (non-hydrogen) atoms. The van der Waals surface area contributed by atoms with E-state index in [0.29, 0.717) is 23.0 Å². The van der Waals surface area contributed by atoms with Crippen molar-refractivity contribution in [3.05, 3.63) is 32.4 Å². The van der Waals surface area contributed by atoms with Gasteiger partial charge >= 0.3 is 0 Å². The highest BCUT2D eigenvalue weighted by Gasteiger charge is 2.29. The van der Waals surface area contributed by atoms with E-state index >= 15 is 0 Å². The third-order valence-electron chi connectivity index (χ3n) is 2.76. The number of rotatable bonds is 4. The van der Waals surface area contributed by atoms with Crippen molar-refractivity contribution in [2.75, 3.05) is 6.54 Å². The molecule has 92 valence electrons. The Bertz CT molecular complexity index is 435. The Labute approximate surface area is 124 Å². The maximum absolute atomic E-state index is 11.9. The van der Waals surface area contributed by atoms with Gasteiger partial charge < -0.3 is 5.32 Å². The van der Waals surface area contributed by atoms with E-state index in [1.807, 2.05) is 6.07 Å². The van der Waals surface area contributed by atoms with Gasteiger partial charge in [-0.3, -0.25) is 4.79 Å². The molecule has 1 aliphatic rings. The molecule has 1 amide bonds. The summed E-state index contributed by atoms with van der Waals surface area (Å²) in [7, 11) is 0. The van der Waals surface area contributed by atoms with Crippen LogP contribution < -0.4 is 5.32 Å². The highest BCUT2D eigenvalue weighted by atomic mass is 127. The highest BCUT2D eigenvalue weighted by Crippen LogP contribution is 2.35. The summed E-state index contributed by atoms with van der Waals surface area (Å²) >= 11 is 14.1. The lowest BCUT2D eigenvalue weighted by Crippen LogP contribution is -2.31. The van der Waals surface area contributed by atoms with Crippen LogP contribution in [-0.4, -0.2) is 17.8 Å². The first-order valence-corrected chi connectivity index (χ1v) is 7.34. The number of hydrogen-bond acceptors (Lipinski definition) is 1. The number of nitrogens with one attached hydrogen (secondary N) is 1. The van der Waals surface area contributed by atoms with Gasteiger partial charge in [-0.05, 0) is 59.5 Å². The second kappa shape index (κ2) is 5.76. The molecule has 1 aromatic rings. The van der Waals surface area contributed by atoms with Gasteiger partial charge in [-0.1, -0.05) is 11.6 Å². The Hall–Kier alpha value is -0.000000000000000111. The second-order valence-electron chi connectivity index (χ2n) is 4.19. The van der Waals surface area contributed by atoms with Crippen LogP contribution in [-0.2, 0) is 0 Å². The van der Waals surface area contributed by atoms with Crippen molar-refractivity contribution in [1.29, 1.82) is 0 Å². The Morgan fingerprint density at radius 1 is 1.53 bits per heavy atom. The van der Waals surface area contributed by atoms with Crippen LogP contribution in [0.3, 0.4) is 0 Å². The van der Waals surface area contributed by atoms with Gasteiger partial charge in [-0.15, -0.1) is 11.6 Å². The lowest BCUT2D eigenvalue weighted by atomic mass is 10.2. The van der Waals surface area contributed by atoms with Crippen LogP contribution >= 0.6 is 45.8 Å². The quantitative estimate of drug-likeness (QED) is 0.623. The van der Waals surface area contributed by atoms with Crippen molar-refractivity contribution in [3.63, 3.8) is 0 Å². The molecule has 5 heteroatoms. The number of amides is 1. The van der Waals surface area contributed by atoms with Crippen LogP contribution in [0.1, 0.15) is 23.2 Å². The third-order valence-corrected chi connectivity index (χ3v) is 4.45. The topological polar surface area (TPSA) is 29.1 Å². The molecule has 0 saturated heterocycles.